The second kappa shape index (κ2) is 6.88. The number of benzene rings is 1. The van der Waals surface area contributed by atoms with Gasteiger partial charge in [-0.3, -0.25) is 9.59 Å². The Bertz CT molecular complexity index is 406. The number of rotatable bonds is 7. The standard InChI is InChI=1S/C13H18N2O3/c14-8-11(15)12(16)7-10(13(17)18)6-9-4-2-1-3-5-9/h1-5,10-11H,6-8,14-15H2,(H,17,18)/t10-,11+/m0/s1. The monoisotopic (exact) mass is 250 g/mol. The highest BCUT2D eigenvalue weighted by atomic mass is 16.4. The number of carboxylic acids is 1. The van der Waals surface area contributed by atoms with Crippen LogP contribution < -0.4 is 11.5 Å². The Kier molecular flexibility index (Phi) is 5.48. The summed E-state index contributed by atoms with van der Waals surface area (Å²) >= 11 is 0. The molecule has 0 bridgehead atoms. The fraction of sp³-hybridized carbons (Fsp3) is 0.385. The van der Waals surface area contributed by atoms with Crippen molar-refractivity contribution in [1.82, 2.24) is 0 Å². The van der Waals surface area contributed by atoms with Gasteiger partial charge >= 0.3 is 5.97 Å². The summed E-state index contributed by atoms with van der Waals surface area (Å²) in [6.07, 6.45) is 0.238. The molecular weight excluding hydrogens is 232 g/mol. The van der Waals surface area contributed by atoms with Crippen LogP contribution in [0.4, 0.5) is 0 Å². The SMILES string of the molecule is NC[C@@H](N)C(=O)C[C@H](Cc1ccccc1)C(=O)O. The van der Waals surface area contributed by atoms with Crippen LogP contribution in [0.2, 0.25) is 0 Å². The predicted octanol–water partition coefficient (Wildman–Crippen LogP) is 0.175. The van der Waals surface area contributed by atoms with E-state index in [1.165, 1.54) is 0 Å². The number of hydrogen-bond donors (Lipinski definition) is 3. The third-order valence-corrected chi connectivity index (χ3v) is 2.79. The van der Waals surface area contributed by atoms with Crippen LogP contribution in [-0.2, 0) is 16.0 Å². The molecule has 0 saturated carbocycles. The maximum atomic E-state index is 11.6. The summed E-state index contributed by atoms with van der Waals surface area (Å²) in [6.45, 7) is 0.0382. The summed E-state index contributed by atoms with van der Waals surface area (Å²) < 4.78 is 0. The highest BCUT2D eigenvalue weighted by Gasteiger charge is 2.24. The summed E-state index contributed by atoms with van der Waals surface area (Å²) in [4.78, 5) is 22.7. The highest BCUT2D eigenvalue weighted by molar-refractivity contribution is 5.87. The van der Waals surface area contributed by atoms with Crippen molar-refractivity contribution in [3.05, 3.63) is 35.9 Å². The minimum absolute atomic E-state index is 0.0382. The van der Waals surface area contributed by atoms with Gasteiger partial charge in [0.05, 0.1) is 12.0 Å². The molecule has 1 rings (SSSR count). The average Bonchev–Trinajstić information content (AvgIpc) is 2.37. The molecule has 0 aromatic heterocycles. The van der Waals surface area contributed by atoms with E-state index in [0.717, 1.165) is 5.56 Å². The van der Waals surface area contributed by atoms with Gasteiger partial charge in [-0.15, -0.1) is 0 Å². The molecule has 5 heteroatoms. The van der Waals surface area contributed by atoms with E-state index < -0.39 is 17.9 Å². The second-order valence-corrected chi connectivity index (χ2v) is 4.24. The molecule has 0 fully saturated rings. The first-order valence-corrected chi connectivity index (χ1v) is 5.79. The van der Waals surface area contributed by atoms with Crippen LogP contribution in [0, 0.1) is 5.92 Å². The molecule has 0 radical (unpaired) electrons. The van der Waals surface area contributed by atoms with E-state index in [4.69, 9.17) is 16.6 Å². The van der Waals surface area contributed by atoms with E-state index >= 15 is 0 Å². The molecule has 0 amide bonds. The summed E-state index contributed by atoms with van der Waals surface area (Å²) in [7, 11) is 0. The van der Waals surface area contributed by atoms with Gasteiger partial charge in [-0.2, -0.15) is 0 Å². The number of carbonyl (C=O) groups excluding carboxylic acids is 1. The summed E-state index contributed by atoms with van der Waals surface area (Å²) in [5.41, 5.74) is 11.7. The first kappa shape index (κ1) is 14.3. The van der Waals surface area contributed by atoms with Gasteiger partial charge in [-0.25, -0.2) is 0 Å². The number of nitrogens with two attached hydrogens (primary N) is 2. The zero-order valence-electron chi connectivity index (χ0n) is 10.1. The molecule has 0 aliphatic heterocycles. The van der Waals surface area contributed by atoms with Crippen LogP contribution in [0.5, 0.6) is 0 Å². The zero-order chi connectivity index (χ0) is 13.5. The molecule has 98 valence electrons. The summed E-state index contributed by atoms with van der Waals surface area (Å²) in [5, 5.41) is 9.11. The fourth-order valence-electron chi connectivity index (χ4n) is 1.67. The molecule has 0 saturated heterocycles. The van der Waals surface area contributed by atoms with Crippen LogP contribution in [0.15, 0.2) is 30.3 Å². The number of carbonyl (C=O) groups is 2. The molecule has 1 aromatic rings. The Morgan fingerprint density at radius 1 is 1.22 bits per heavy atom. The van der Waals surface area contributed by atoms with Crippen molar-refractivity contribution in [3.8, 4) is 0 Å². The molecule has 18 heavy (non-hydrogen) atoms. The summed E-state index contributed by atoms with van der Waals surface area (Å²) in [5.74, 6) is -2.05. The van der Waals surface area contributed by atoms with E-state index in [2.05, 4.69) is 0 Å². The predicted molar refractivity (Wildman–Crippen MR) is 67.9 cm³/mol. The van der Waals surface area contributed by atoms with Crippen LogP contribution in [0.1, 0.15) is 12.0 Å². The van der Waals surface area contributed by atoms with Crippen molar-refractivity contribution in [2.24, 2.45) is 17.4 Å². The van der Waals surface area contributed by atoms with Crippen LogP contribution in [-0.4, -0.2) is 29.4 Å². The smallest absolute Gasteiger partial charge is 0.307 e. The van der Waals surface area contributed by atoms with E-state index in [1.807, 2.05) is 30.3 Å². The number of carboxylic acid groups (broad SMARTS) is 1. The van der Waals surface area contributed by atoms with Gasteiger partial charge < -0.3 is 16.6 Å². The largest absolute Gasteiger partial charge is 0.481 e. The van der Waals surface area contributed by atoms with E-state index in [-0.39, 0.29) is 18.7 Å². The zero-order valence-corrected chi connectivity index (χ0v) is 10.1. The Hall–Kier alpha value is -1.72. The van der Waals surface area contributed by atoms with Crippen molar-refractivity contribution in [3.63, 3.8) is 0 Å². The molecule has 0 aliphatic rings. The highest BCUT2D eigenvalue weighted by Crippen LogP contribution is 2.13. The number of ketones is 1. The molecular formula is C13H18N2O3. The van der Waals surface area contributed by atoms with Crippen LogP contribution >= 0.6 is 0 Å². The minimum atomic E-state index is -0.989. The number of aliphatic carboxylic acids is 1. The van der Waals surface area contributed by atoms with E-state index in [9.17, 15) is 9.59 Å². The lowest BCUT2D eigenvalue weighted by Gasteiger charge is -2.14. The van der Waals surface area contributed by atoms with Gasteiger partial charge in [0.15, 0.2) is 5.78 Å². The first-order chi connectivity index (χ1) is 8.54. The van der Waals surface area contributed by atoms with E-state index in [0.29, 0.717) is 6.42 Å². The third kappa shape index (κ3) is 4.27. The lowest BCUT2D eigenvalue weighted by Crippen LogP contribution is -2.39. The Balaban J connectivity index is 2.67. The topological polar surface area (TPSA) is 106 Å². The fourth-order valence-corrected chi connectivity index (χ4v) is 1.67. The quantitative estimate of drug-likeness (QED) is 0.639. The van der Waals surface area contributed by atoms with Gasteiger partial charge in [-0.05, 0) is 12.0 Å². The van der Waals surface area contributed by atoms with Crippen molar-refractivity contribution < 1.29 is 14.7 Å². The Morgan fingerprint density at radius 3 is 2.33 bits per heavy atom. The van der Waals surface area contributed by atoms with Gasteiger partial charge in [0.2, 0.25) is 0 Å². The van der Waals surface area contributed by atoms with Gasteiger partial charge in [0, 0.05) is 13.0 Å². The molecule has 0 spiro atoms. The van der Waals surface area contributed by atoms with Crippen LogP contribution in [0.25, 0.3) is 0 Å². The number of hydrogen-bond acceptors (Lipinski definition) is 4. The summed E-state index contributed by atoms with van der Waals surface area (Å²) in [6, 6.07) is 8.42. The third-order valence-electron chi connectivity index (χ3n) is 2.79. The van der Waals surface area contributed by atoms with Gasteiger partial charge in [0.1, 0.15) is 0 Å². The average molecular weight is 250 g/mol. The van der Waals surface area contributed by atoms with Gasteiger partial charge in [-0.1, -0.05) is 30.3 Å². The maximum absolute atomic E-state index is 11.6. The molecule has 5 N–H and O–H groups in total. The first-order valence-electron chi connectivity index (χ1n) is 5.79. The second-order valence-electron chi connectivity index (χ2n) is 4.24. The lowest BCUT2D eigenvalue weighted by atomic mass is 9.92. The molecule has 0 heterocycles. The van der Waals surface area contributed by atoms with Crippen molar-refractivity contribution in [1.29, 1.82) is 0 Å². The lowest BCUT2D eigenvalue weighted by molar-refractivity contribution is -0.143. The molecule has 0 aliphatic carbocycles. The normalized spacial score (nSPS) is 13.9. The maximum Gasteiger partial charge on any atom is 0.307 e. The van der Waals surface area contributed by atoms with Crippen molar-refractivity contribution in [2.45, 2.75) is 18.9 Å². The molecule has 1 aromatic carbocycles. The molecule has 2 atom stereocenters. The Labute approximate surface area is 106 Å². The Morgan fingerprint density at radius 2 is 1.83 bits per heavy atom. The molecule has 5 nitrogen and oxygen atoms in total. The number of Topliss-reactive ketones (excluding diaryl/α,β-unsaturated/α-hetero) is 1. The van der Waals surface area contributed by atoms with Gasteiger partial charge in [0.25, 0.3) is 0 Å². The molecule has 0 unspecified atom stereocenters. The minimum Gasteiger partial charge on any atom is -0.481 e. The van der Waals surface area contributed by atoms with Crippen molar-refractivity contribution >= 4 is 11.8 Å². The van der Waals surface area contributed by atoms with E-state index in [1.54, 1.807) is 0 Å². The van der Waals surface area contributed by atoms with Crippen LogP contribution in [0.3, 0.4) is 0 Å². The van der Waals surface area contributed by atoms with Crippen molar-refractivity contribution in [2.75, 3.05) is 6.54 Å².